The number of amides is 2. The molecule has 1 aliphatic carbocycles. The Morgan fingerprint density at radius 2 is 1.79 bits per heavy atom. The second-order valence-corrected chi connectivity index (χ2v) is 10.3. The third-order valence-electron chi connectivity index (χ3n) is 8.13. The van der Waals surface area contributed by atoms with Gasteiger partial charge in [0.25, 0.3) is 5.91 Å². The molecule has 2 bridgehead atoms. The maximum atomic E-state index is 12.8. The molecule has 33 heavy (non-hydrogen) atoms. The topological polar surface area (TPSA) is 107 Å². The summed E-state index contributed by atoms with van der Waals surface area (Å²) in [7, 11) is 0. The third kappa shape index (κ3) is 5.76. The number of fused-ring (bicyclic) bond motifs is 2. The summed E-state index contributed by atoms with van der Waals surface area (Å²) in [4.78, 5) is 28.7. The van der Waals surface area contributed by atoms with E-state index in [1.54, 1.807) is 11.0 Å². The zero-order valence-electron chi connectivity index (χ0n) is 19.6. The molecule has 0 radical (unpaired) electrons. The van der Waals surface area contributed by atoms with Crippen molar-refractivity contribution in [3.63, 3.8) is 0 Å². The van der Waals surface area contributed by atoms with E-state index in [2.05, 4.69) is 11.0 Å². The maximum absolute atomic E-state index is 12.8. The number of carbonyl (C=O) groups is 2. The van der Waals surface area contributed by atoms with Gasteiger partial charge in [0, 0.05) is 37.3 Å². The molecule has 2 aliphatic heterocycles. The number of benzene rings is 1. The number of aliphatic hydroxyl groups is 2. The molecule has 182 valence electrons. The summed E-state index contributed by atoms with van der Waals surface area (Å²) in [5.74, 6) is 0.196. The summed E-state index contributed by atoms with van der Waals surface area (Å²) in [6.07, 6.45) is 9.06. The van der Waals surface area contributed by atoms with Crippen molar-refractivity contribution < 1.29 is 19.8 Å². The van der Waals surface area contributed by atoms with Gasteiger partial charge >= 0.3 is 0 Å². The van der Waals surface area contributed by atoms with E-state index in [-0.39, 0.29) is 11.8 Å². The van der Waals surface area contributed by atoms with Crippen molar-refractivity contribution in [3.8, 4) is 0 Å². The van der Waals surface area contributed by atoms with Crippen molar-refractivity contribution in [1.29, 1.82) is 0 Å². The third-order valence-corrected chi connectivity index (χ3v) is 8.13. The van der Waals surface area contributed by atoms with Crippen LogP contribution in [-0.2, 0) is 4.79 Å². The molecule has 2 heterocycles. The lowest BCUT2D eigenvalue weighted by atomic mass is 9.84. The van der Waals surface area contributed by atoms with Crippen molar-refractivity contribution in [2.24, 2.45) is 11.7 Å². The van der Waals surface area contributed by atoms with Crippen LogP contribution in [0.5, 0.6) is 0 Å². The van der Waals surface area contributed by atoms with Gasteiger partial charge in [-0.1, -0.05) is 31.4 Å². The second-order valence-electron chi connectivity index (χ2n) is 10.3. The van der Waals surface area contributed by atoms with E-state index < -0.39 is 12.7 Å². The van der Waals surface area contributed by atoms with Crippen LogP contribution in [0.1, 0.15) is 79.6 Å². The number of hydrogen-bond donors (Lipinski definition) is 3. The highest BCUT2D eigenvalue weighted by molar-refractivity contribution is 5.92. The largest absolute Gasteiger partial charge is 0.393 e. The molecule has 3 aliphatic rings. The Hall–Kier alpha value is -1.96. The SMILES string of the molecule is NC(=O)c1cccc(C2C[C@H]3CC[C@@H](C2)N3CCN(CC2CCCCC2)C(=O)[C@@H](O)CO)c1. The average molecular weight is 458 g/mol. The Labute approximate surface area is 196 Å². The standard InChI is InChI=1S/C26H39N3O4/c27-25(32)20-8-4-7-19(13-20)21-14-22-9-10-23(15-21)29(22)12-11-28(26(33)24(31)17-30)16-18-5-2-1-3-6-18/h4,7-8,13,18,21-24,30-31H,1-3,5-6,9-12,14-17H2,(H2,27,32)/t21?,22-,23+,24-/m0/s1. The van der Waals surface area contributed by atoms with Crippen LogP contribution in [0.4, 0.5) is 0 Å². The van der Waals surface area contributed by atoms with Crippen LogP contribution in [0.3, 0.4) is 0 Å². The molecule has 3 fully saturated rings. The molecule has 2 amide bonds. The van der Waals surface area contributed by atoms with Crippen molar-refractivity contribution in [1.82, 2.24) is 9.80 Å². The van der Waals surface area contributed by atoms with Gasteiger partial charge in [-0.2, -0.15) is 0 Å². The van der Waals surface area contributed by atoms with E-state index in [0.29, 0.717) is 42.6 Å². The highest BCUT2D eigenvalue weighted by Crippen LogP contribution is 2.43. The van der Waals surface area contributed by atoms with Crippen molar-refractivity contribution in [2.45, 2.75) is 81.9 Å². The molecule has 4 atom stereocenters. The summed E-state index contributed by atoms with van der Waals surface area (Å²) in [5.41, 5.74) is 7.25. The number of nitrogens with zero attached hydrogens (tertiary/aromatic N) is 2. The van der Waals surface area contributed by atoms with E-state index in [1.807, 2.05) is 12.1 Å². The van der Waals surface area contributed by atoms with Gasteiger partial charge < -0.3 is 20.8 Å². The molecule has 7 heteroatoms. The minimum atomic E-state index is -1.33. The van der Waals surface area contributed by atoms with Crippen LogP contribution < -0.4 is 5.73 Å². The molecule has 0 spiro atoms. The number of primary amides is 1. The number of rotatable bonds is 9. The molecule has 4 rings (SSSR count). The number of nitrogens with two attached hydrogens (primary N) is 1. The van der Waals surface area contributed by atoms with Gasteiger partial charge in [-0.15, -0.1) is 0 Å². The van der Waals surface area contributed by atoms with Gasteiger partial charge in [-0.05, 0) is 68.1 Å². The predicted octanol–water partition coefficient (Wildman–Crippen LogP) is 2.26. The van der Waals surface area contributed by atoms with Crippen molar-refractivity contribution in [2.75, 3.05) is 26.2 Å². The highest BCUT2D eigenvalue weighted by atomic mass is 16.3. The van der Waals surface area contributed by atoms with Crippen LogP contribution in [0, 0.1) is 5.92 Å². The Morgan fingerprint density at radius 1 is 1.09 bits per heavy atom. The first-order valence-electron chi connectivity index (χ1n) is 12.7. The quantitative estimate of drug-likeness (QED) is 0.527. The van der Waals surface area contributed by atoms with Crippen molar-refractivity contribution in [3.05, 3.63) is 35.4 Å². The maximum Gasteiger partial charge on any atom is 0.253 e. The minimum Gasteiger partial charge on any atom is -0.393 e. The van der Waals surface area contributed by atoms with Crippen LogP contribution in [0.2, 0.25) is 0 Å². The van der Waals surface area contributed by atoms with E-state index >= 15 is 0 Å². The minimum absolute atomic E-state index is 0.339. The molecule has 7 nitrogen and oxygen atoms in total. The second kappa shape index (κ2) is 11.0. The fourth-order valence-electron chi connectivity index (χ4n) is 6.36. The summed E-state index contributed by atoms with van der Waals surface area (Å²) in [6, 6.07) is 8.69. The fraction of sp³-hybridized carbons (Fsp3) is 0.692. The molecule has 1 unspecified atom stereocenters. The summed E-state index contributed by atoms with van der Waals surface area (Å²) >= 11 is 0. The van der Waals surface area contributed by atoms with E-state index in [1.165, 1.54) is 24.8 Å². The van der Waals surface area contributed by atoms with E-state index in [4.69, 9.17) is 5.73 Å². The molecule has 1 aromatic rings. The Bertz CT molecular complexity index is 812. The summed E-state index contributed by atoms with van der Waals surface area (Å²) in [6.45, 7) is 1.56. The van der Waals surface area contributed by atoms with Crippen LogP contribution in [0.15, 0.2) is 24.3 Å². The van der Waals surface area contributed by atoms with Gasteiger partial charge in [-0.25, -0.2) is 0 Å². The van der Waals surface area contributed by atoms with Gasteiger partial charge in [0.2, 0.25) is 5.91 Å². The zero-order valence-corrected chi connectivity index (χ0v) is 19.6. The lowest BCUT2D eigenvalue weighted by Crippen LogP contribution is -2.50. The summed E-state index contributed by atoms with van der Waals surface area (Å²) in [5, 5.41) is 19.3. The monoisotopic (exact) mass is 457 g/mol. The molecular formula is C26H39N3O4. The smallest absolute Gasteiger partial charge is 0.253 e. The number of piperidine rings is 1. The Morgan fingerprint density at radius 3 is 2.42 bits per heavy atom. The summed E-state index contributed by atoms with van der Waals surface area (Å²) < 4.78 is 0. The van der Waals surface area contributed by atoms with E-state index in [9.17, 15) is 19.8 Å². The lowest BCUT2D eigenvalue weighted by Gasteiger charge is -2.40. The van der Waals surface area contributed by atoms with Crippen LogP contribution >= 0.6 is 0 Å². The first-order chi connectivity index (χ1) is 16.0. The van der Waals surface area contributed by atoms with Crippen LogP contribution in [0.25, 0.3) is 0 Å². The highest BCUT2D eigenvalue weighted by Gasteiger charge is 2.41. The van der Waals surface area contributed by atoms with Crippen molar-refractivity contribution >= 4 is 11.8 Å². The van der Waals surface area contributed by atoms with Crippen LogP contribution in [-0.4, -0.2) is 76.3 Å². The van der Waals surface area contributed by atoms with Gasteiger partial charge in [0.05, 0.1) is 6.61 Å². The van der Waals surface area contributed by atoms with Gasteiger partial charge in [0.1, 0.15) is 0 Å². The zero-order chi connectivity index (χ0) is 23.4. The fourth-order valence-corrected chi connectivity index (χ4v) is 6.36. The van der Waals surface area contributed by atoms with Gasteiger partial charge in [0.15, 0.2) is 6.10 Å². The predicted molar refractivity (Wildman–Crippen MR) is 127 cm³/mol. The molecule has 2 saturated heterocycles. The number of hydrogen-bond acceptors (Lipinski definition) is 5. The van der Waals surface area contributed by atoms with Gasteiger partial charge in [-0.3, -0.25) is 14.5 Å². The number of aliphatic hydroxyl groups excluding tert-OH is 2. The lowest BCUT2D eigenvalue weighted by molar-refractivity contribution is -0.143. The molecule has 1 aromatic carbocycles. The normalized spacial score (nSPS) is 26.8. The Balaban J connectivity index is 1.38. The first-order valence-corrected chi connectivity index (χ1v) is 12.7. The molecular weight excluding hydrogens is 418 g/mol. The number of carbonyl (C=O) groups excluding carboxylic acids is 2. The Kier molecular flexibility index (Phi) is 8.04. The molecule has 4 N–H and O–H groups in total. The van der Waals surface area contributed by atoms with E-state index in [0.717, 1.165) is 45.1 Å². The average Bonchev–Trinajstić information content (AvgIpc) is 3.07. The molecule has 0 aromatic heterocycles. The first kappa shape index (κ1) is 24.2. The molecule has 1 saturated carbocycles.